The molecule has 0 saturated heterocycles. The van der Waals surface area contributed by atoms with Crippen LogP contribution in [0.3, 0.4) is 0 Å². The number of hydrogen-bond donors (Lipinski definition) is 0. The van der Waals surface area contributed by atoms with E-state index in [-0.39, 0.29) is 15.7 Å². The Morgan fingerprint density at radius 2 is 1.72 bits per heavy atom. The van der Waals surface area contributed by atoms with Gasteiger partial charge in [-0.1, -0.05) is 25.4 Å². The van der Waals surface area contributed by atoms with E-state index in [4.69, 9.17) is 20.5 Å². The van der Waals surface area contributed by atoms with Gasteiger partial charge in [-0.05, 0) is 42.3 Å². The predicted octanol–water partition coefficient (Wildman–Crippen LogP) is 4.05. The first kappa shape index (κ1) is 19.0. The lowest BCUT2D eigenvalue weighted by Crippen LogP contribution is -2.10. The van der Waals surface area contributed by atoms with Gasteiger partial charge in [-0.15, -0.1) is 0 Å². The van der Waals surface area contributed by atoms with Crippen molar-refractivity contribution in [1.82, 2.24) is 0 Å². The molecule has 0 aliphatic rings. The van der Waals surface area contributed by atoms with E-state index in [0.29, 0.717) is 18.3 Å². The van der Waals surface area contributed by atoms with E-state index in [0.717, 1.165) is 18.2 Å². The molecule has 0 bridgehead atoms. The molecule has 0 fully saturated rings. The molecule has 7 nitrogen and oxygen atoms in total. The molecule has 0 amide bonds. The van der Waals surface area contributed by atoms with Crippen LogP contribution >= 0.6 is 11.6 Å². The third-order valence-corrected chi connectivity index (χ3v) is 4.58. The minimum absolute atomic E-state index is 0.0644. The van der Waals surface area contributed by atoms with Gasteiger partial charge in [-0.25, -0.2) is 0 Å². The number of nitrogens with zero attached hydrogens (tertiary/aromatic N) is 1. The van der Waals surface area contributed by atoms with Crippen LogP contribution < -0.4 is 8.92 Å². The van der Waals surface area contributed by atoms with Gasteiger partial charge >= 0.3 is 10.1 Å². The lowest BCUT2D eigenvalue weighted by atomic mass is 10.2. The topological polar surface area (TPSA) is 95.7 Å². The maximum Gasteiger partial charge on any atom is 0.339 e. The summed E-state index contributed by atoms with van der Waals surface area (Å²) in [6.45, 7) is 4.55. The molecule has 0 atom stereocenters. The van der Waals surface area contributed by atoms with Crippen LogP contribution in [0.25, 0.3) is 0 Å². The fourth-order valence-corrected chi connectivity index (χ4v) is 2.95. The van der Waals surface area contributed by atoms with E-state index < -0.39 is 20.7 Å². The third-order valence-electron chi connectivity index (χ3n) is 3.02. The number of halogens is 1. The van der Waals surface area contributed by atoms with Crippen molar-refractivity contribution >= 4 is 27.4 Å². The molecule has 0 spiro atoms. The SMILES string of the molecule is CC(C)COc1ccc(OS(=O)(=O)c2ccc(Cl)c([N+](=O)[O-])c2)cc1. The average Bonchev–Trinajstić information content (AvgIpc) is 2.53. The van der Waals surface area contributed by atoms with Gasteiger partial charge in [0.05, 0.1) is 11.5 Å². The Morgan fingerprint density at radius 1 is 1.12 bits per heavy atom. The van der Waals surface area contributed by atoms with Crippen LogP contribution in [0.15, 0.2) is 47.4 Å². The minimum atomic E-state index is -4.23. The number of nitro benzene ring substituents is 1. The maximum atomic E-state index is 12.3. The summed E-state index contributed by atoms with van der Waals surface area (Å²) in [6, 6.07) is 9.19. The molecule has 25 heavy (non-hydrogen) atoms. The molecular formula is C16H16ClNO6S. The van der Waals surface area contributed by atoms with Gasteiger partial charge in [-0.2, -0.15) is 8.42 Å². The second-order valence-corrected chi connectivity index (χ2v) is 7.54. The van der Waals surface area contributed by atoms with E-state index >= 15 is 0 Å². The number of benzene rings is 2. The molecule has 9 heteroatoms. The van der Waals surface area contributed by atoms with E-state index in [2.05, 4.69) is 0 Å². The Balaban J connectivity index is 2.18. The Kier molecular flexibility index (Phi) is 5.86. The average molecular weight is 386 g/mol. The van der Waals surface area contributed by atoms with Gasteiger partial charge in [0.2, 0.25) is 0 Å². The van der Waals surface area contributed by atoms with E-state index in [1.807, 2.05) is 13.8 Å². The molecule has 0 radical (unpaired) electrons. The van der Waals surface area contributed by atoms with E-state index in [9.17, 15) is 18.5 Å². The normalized spacial score (nSPS) is 11.4. The smallest absolute Gasteiger partial charge is 0.339 e. The van der Waals surface area contributed by atoms with Crippen molar-refractivity contribution in [2.75, 3.05) is 6.61 Å². The summed E-state index contributed by atoms with van der Waals surface area (Å²) in [7, 11) is -4.23. The molecule has 0 aliphatic carbocycles. The van der Waals surface area contributed by atoms with Crippen molar-refractivity contribution in [3.8, 4) is 11.5 Å². The first-order chi connectivity index (χ1) is 11.7. The fourth-order valence-electron chi connectivity index (χ4n) is 1.82. The van der Waals surface area contributed by atoms with Crippen molar-refractivity contribution in [3.05, 3.63) is 57.6 Å². The number of ether oxygens (including phenoxy) is 1. The number of nitro groups is 1. The zero-order chi connectivity index (χ0) is 18.6. The summed E-state index contributed by atoms with van der Waals surface area (Å²) in [4.78, 5) is 9.76. The monoisotopic (exact) mass is 385 g/mol. The van der Waals surface area contributed by atoms with Gasteiger partial charge in [0.15, 0.2) is 0 Å². The summed E-state index contributed by atoms with van der Waals surface area (Å²) < 4.78 is 35.0. The largest absolute Gasteiger partial charge is 0.493 e. The molecule has 0 heterocycles. The Hall–Kier alpha value is -2.32. The van der Waals surface area contributed by atoms with Gasteiger partial charge in [0.25, 0.3) is 5.69 Å². The van der Waals surface area contributed by atoms with Crippen molar-refractivity contribution in [1.29, 1.82) is 0 Å². The third kappa shape index (κ3) is 5.07. The molecular weight excluding hydrogens is 370 g/mol. The van der Waals surface area contributed by atoms with E-state index in [1.165, 1.54) is 12.1 Å². The second kappa shape index (κ2) is 7.71. The first-order valence-electron chi connectivity index (χ1n) is 7.30. The predicted molar refractivity (Wildman–Crippen MR) is 92.7 cm³/mol. The molecule has 0 aromatic heterocycles. The summed E-state index contributed by atoms with van der Waals surface area (Å²) in [5.41, 5.74) is -0.510. The molecule has 134 valence electrons. The molecule has 0 N–H and O–H groups in total. The Morgan fingerprint density at radius 3 is 2.28 bits per heavy atom. The summed E-state index contributed by atoms with van der Waals surface area (Å²) in [5.74, 6) is 1.01. The molecule has 0 saturated carbocycles. The number of hydrogen-bond acceptors (Lipinski definition) is 6. The van der Waals surface area contributed by atoms with Crippen LogP contribution in [0.2, 0.25) is 5.02 Å². The highest BCUT2D eigenvalue weighted by Crippen LogP contribution is 2.29. The van der Waals surface area contributed by atoms with Crippen LogP contribution in [-0.2, 0) is 10.1 Å². The minimum Gasteiger partial charge on any atom is -0.493 e. The summed E-state index contributed by atoms with van der Waals surface area (Å²) in [5, 5.41) is 10.7. The van der Waals surface area contributed by atoms with Gasteiger partial charge in [0, 0.05) is 6.07 Å². The van der Waals surface area contributed by atoms with Crippen LogP contribution in [0.5, 0.6) is 11.5 Å². The summed E-state index contributed by atoms with van der Waals surface area (Å²) >= 11 is 5.68. The van der Waals surface area contributed by atoms with Crippen molar-refractivity contribution in [3.63, 3.8) is 0 Å². The molecule has 0 aliphatic heterocycles. The molecule has 2 aromatic rings. The van der Waals surface area contributed by atoms with Gasteiger partial charge < -0.3 is 8.92 Å². The molecule has 0 unspecified atom stereocenters. The Bertz CT molecular complexity index is 865. The van der Waals surface area contributed by atoms with Crippen molar-refractivity contribution in [2.24, 2.45) is 5.92 Å². The van der Waals surface area contributed by atoms with Crippen LogP contribution in [0.1, 0.15) is 13.8 Å². The first-order valence-corrected chi connectivity index (χ1v) is 9.09. The van der Waals surface area contributed by atoms with Crippen LogP contribution in [0.4, 0.5) is 5.69 Å². The van der Waals surface area contributed by atoms with Crippen molar-refractivity contribution < 1.29 is 22.3 Å². The summed E-state index contributed by atoms with van der Waals surface area (Å²) in [6.07, 6.45) is 0. The Labute approximate surface area is 150 Å². The quantitative estimate of drug-likeness (QED) is 0.405. The molecule has 2 aromatic carbocycles. The highest BCUT2D eigenvalue weighted by atomic mass is 35.5. The zero-order valence-corrected chi connectivity index (χ0v) is 15.1. The van der Waals surface area contributed by atoms with Crippen LogP contribution in [0, 0.1) is 16.0 Å². The fraction of sp³-hybridized carbons (Fsp3) is 0.250. The lowest BCUT2D eigenvalue weighted by molar-refractivity contribution is -0.384. The van der Waals surface area contributed by atoms with Crippen LogP contribution in [-0.4, -0.2) is 19.9 Å². The standard InChI is InChI=1S/C16H16ClNO6S/c1-11(2)10-23-12-3-5-13(6-4-12)24-25(21,22)14-7-8-15(17)16(9-14)18(19)20/h3-9,11H,10H2,1-2H3. The highest BCUT2D eigenvalue weighted by Gasteiger charge is 2.22. The zero-order valence-electron chi connectivity index (χ0n) is 13.5. The maximum absolute atomic E-state index is 12.3. The van der Waals surface area contributed by atoms with Crippen molar-refractivity contribution in [2.45, 2.75) is 18.7 Å². The molecule has 2 rings (SSSR count). The highest BCUT2D eigenvalue weighted by molar-refractivity contribution is 7.87. The number of rotatable bonds is 7. The second-order valence-electron chi connectivity index (χ2n) is 5.58. The van der Waals surface area contributed by atoms with Gasteiger partial charge in [0.1, 0.15) is 21.4 Å². The van der Waals surface area contributed by atoms with E-state index in [1.54, 1.807) is 12.1 Å². The van der Waals surface area contributed by atoms with Gasteiger partial charge in [-0.3, -0.25) is 10.1 Å². The lowest BCUT2D eigenvalue weighted by Gasteiger charge is -2.10.